The Hall–Kier alpha value is -1.85. The average molecular weight is 241 g/mol. The Morgan fingerprint density at radius 1 is 1.24 bits per heavy atom. The van der Waals surface area contributed by atoms with Crippen molar-refractivity contribution in [2.45, 2.75) is 19.5 Å². The molecule has 90 valence electrons. The van der Waals surface area contributed by atoms with E-state index in [2.05, 4.69) is 10.1 Å². The molecule has 0 aromatic carbocycles. The normalized spacial score (nSPS) is 11.8. The van der Waals surface area contributed by atoms with Crippen molar-refractivity contribution >= 4 is 0 Å². The van der Waals surface area contributed by atoms with Gasteiger partial charge in [0.15, 0.2) is 0 Å². The van der Waals surface area contributed by atoms with Gasteiger partial charge in [-0.3, -0.25) is 0 Å². The Balaban J connectivity index is 2.29. The summed E-state index contributed by atoms with van der Waals surface area (Å²) in [5.74, 6) is 0. The molecule has 0 atom stereocenters. The van der Waals surface area contributed by atoms with Crippen LogP contribution in [0.2, 0.25) is 0 Å². The summed E-state index contributed by atoms with van der Waals surface area (Å²) >= 11 is 0. The van der Waals surface area contributed by atoms with Crippen molar-refractivity contribution in [3.63, 3.8) is 0 Å². The fraction of sp³-hybridized carbons (Fsp3) is 0.273. The smallest absolute Gasteiger partial charge is 0.250 e. The zero-order valence-electron chi connectivity index (χ0n) is 9.07. The molecule has 0 bridgehead atoms. The number of halogens is 3. The number of nitrogens with zero attached hydrogens (tertiary/aromatic N) is 3. The fourth-order valence-electron chi connectivity index (χ4n) is 1.37. The molecule has 0 amide bonds. The van der Waals surface area contributed by atoms with Crippen LogP contribution in [0.15, 0.2) is 30.7 Å². The topological polar surface area (TPSA) is 30.7 Å². The van der Waals surface area contributed by atoms with Crippen molar-refractivity contribution in [3.05, 3.63) is 42.0 Å². The molecule has 2 heterocycles. The second-order valence-corrected chi connectivity index (χ2v) is 3.55. The molecule has 2 aromatic rings. The molecule has 0 saturated heterocycles. The zero-order valence-corrected chi connectivity index (χ0v) is 9.07. The fourth-order valence-corrected chi connectivity index (χ4v) is 1.37. The maximum atomic E-state index is 12.3. The molecule has 2 rings (SSSR count). The van der Waals surface area contributed by atoms with Gasteiger partial charge in [-0.05, 0) is 24.1 Å². The summed E-state index contributed by atoms with van der Waals surface area (Å²) in [6.07, 6.45) is 1.03. The van der Waals surface area contributed by atoms with Gasteiger partial charge in [0.05, 0.1) is 18.1 Å². The highest BCUT2D eigenvalue weighted by atomic mass is 19.4. The van der Waals surface area contributed by atoms with Gasteiger partial charge in [0, 0.05) is 6.20 Å². The minimum atomic E-state index is -4.41. The van der Waals surface area contributed by atoms with Crippen LogP contribution in [0.3, 0.4) is 0 Å². The molecule has 0 aliphatic carbocycles. The van der Waals surface area contributed by atoms with Crippen molar-refractivity contribution in [1.29, 1.82) is 0 Å². The monoisotopic (exact) mass is 241 g/mol. The van der Waals surface area contributed by atoms with E-state index in [9.17, 15) is 13.2 Å². The number of hydrogen-bond donors (Lipinski definition) is 0. The molecule has 0 fully saturated rings. The molecule has 0 aliphatic rings. The van der Waals surface area contributed by atoms with Gasteiger partial charge >= 0.3 is 6.18 Å². The van der Waals surface area contributed by atoms with E-state index in [1.807, 2.05) is 6.92 Å². The van der Waals surface area contributed by atoms with Gasteiger partial charge in [0.2, 0.25) is 0 Å². The summed E-state index contributed by atoms with van der Waals surface area (Å²) in [5.41, 5.74) is 0.631. The summed E-state index contributed by atoms with van der Waals surface area (Å²) in [7, 11) is 0. The van der Waals surface area contributed by atoms with Gasteiger partial charge in [0.25, 0.3) is 0 Å². The van der Waals surface area contributed by atoms with Crippen molar-refractivity contribution in [2.75, 3.05) is 0 Å². The first-order valence-electron chi connectivity index (χ1n) is 5.08. The van der Waals surface area contributed by atoms with Gasteiger partial charge in [-0.15, -0.1) is 0 Å². The third-order valence-corrected chi connectivity index (χ3v) is 2.35. The Labute approximate surface area is 95.9 Å². The lowest BCUT2D eigenvalue weighted by atomic mass is 10.3. The summed E-state index contributed by atoms with van der Waals surface area (Å²) in [4.78, 5) is 3.38. The Bertz CT molecular complexity index is 499. The Morgan fingerprint density at radius 3 is 2.47 bits per heavy atom. The number of rotatable bonds is 2. The molecule has 6 heteroatoms. The van der Waals surface area contributed by atoms with Crippen molar-refractivity contribution in [1.82, 2.24) is 14.8 Å². The number of aryl methyl sites for hydroxylation is 1. The van der Waals surface area contributed by atoms with Gasteiger partial charge < -0.3 is 0 Å². The van der Waals surface area contributed by atoms with E-state index in [1.165, 1.54) is 10.7 Å². The summed E-state index contributed by atoms with van der Waals surface area (Å²) in [5, 5.41) is 4.04. The lowest BCUT2D eigenvalue weighted by molar-refractivity contribution is -0.141. The number of pyridine rings is 1. The van der Waals surface area contributed by atoms with E-state index in [0.29, 0.717) is 5.69 Å². The van der Waals surface area contributed by atoms with Crippen molar-refractivity contribution in [3.8, 4) is 5.69 Å². The molecule has 3 nitrogen and oxygen atoms in total. The van der Waals surface area contributed by atoms with Crippen LogP contribution in [0, 0.1) is 0 Å². The van der Waals surface area contributed by atoms with E-state index in [-0.39, 0.29) is 0 Å². The lowest BCUT2D eigenvalue weighted by Crippen LogP contribution is -2.08. The summed E-state index contributed by atoms with van der Waals surface area (Å²) < 4.78 is 38.4. The third kappa shape index (κ3) is 2.46. The molecule has 17 heavy (non-hydrogen) atoms. The van der Waals surface area contributed by atoms with Crippen LogP contribution in [-0.2, 0) is 12.6 Å². The van der Waals surface area contributed by atoms with Gasteiger partial charge in [0.1, 0.15) is 5.69 Å². The lowest BCUT2D eigenvalue weighted by Gasteiger charge is -2.06. The molecular formula is C11H10F3N3. The number of aromatic nitrogens is 3. The van der Waals surface area contributed by atoms with E-state index in [1.54, 1.807) is 12.4 Å². The van der Waals surface area contributed by atoms with Crippen LogP contribution < -0.4 is 0 Å². The molecule has 0 unspecified atom stereocenters. The van der Waals surface area contributed by atoms with E-state index in [4.69, 9.17) is 0 Å². The van der Waals surface area contributed by atoms with Crippen molar-refractivity contribution < 1.29 is 13.2 Å². The third-order valence-electron chi connectivity index (χ3n) is 2.35. The SMILES string of the molecule is CCc1cnn(-c2ccc(C(F)(F)F)nc2)c1. The second-order valence-electron chi connectivity index (χ2n) is 3.55. The Kier molecular flexibility index (Phi) is 2.87. The van der Waals surface area contributed by atoms with E-state index < -0.39 is 11.9 Å². The van der Waals surface area contributed by atoms with Crippen LogP contribution >= 0.6 is 0 Å². The Morgan fingerprint density at radius 2 is 2.00 bits per heavy atom. The predicted molar refractivity (Wildman–Crippen MR) is 55.7 cm³/mol. The maximum Gasteiger partial charge on any atom is 0.433 e. The zero-order chi connectivity index (χ0) is 12.5. The van der Waals surface area contributed by atoms with Crippen LogP contribution in [-0.4, -0.2) is 14.8 Å². The number of hydrogen-bond acceptors (Lipinski definition) is 2. The standard InChI is InChI=1S/C11H10F3N3/c1-2-8-5-16-17(7-8)9-3-4-10(15-6-9)11(12,13)14/h3-7H,2H2,1H3. The first kappa shape index (κ1) is 11.6. The highest BCUT2D eigenvalue weighted by molar-refractivity contribution is 5.30. The first-order chi connectivity index (χ1) is 8.00. The van der Waals surface area contributed by atoms with Crippen LogP contribution in [0.25, 0.3) is 5.69 Å². The molecule has 2 aromatic heterocycles. The summed E-state index contributed by atoms with van der Waals surface area (Å²) in [6, 6.07) is 2.30. The quantitative estimate of drug-likeness (QED) is 0.809. The van der Waals surface area contributed by atoms with E-state index >= 15 is 0 Å². The molecule has 0 spiro atoms. The van der Waals surface area contributed by atoms with Gasteiger partial charge in [-0.1, -0.05) is 6.92 Å². The van der Waals surface area contributed by atoms with Crippen LogP contribution in [0.1, 0.15) is 18.2 Å². The minimum absolute atomic E-state index is 0.512. The van der Waals surface area contributed by atoms with Gasteiger partial charge in [-0.25, -0.2) is 9.67 Å². The molecular weight excluding hydrogens is 231 g/mol. The summed E-state index contributed by atoms with van der Waals surface area (Å²) in [6.45, 7) is 1.98. The van der Waals surface area contributed by atoms with E-state index in [0.717, 1.165) is 24.2 Å². The highest BCUT2D eigenvalue weighted by Crippen LogP contribution is 2.27. The second kappa shape index (κ2) is 4.20. The minimum Gasteiger partial charge on any atom is -0.250 e. The highest BCUT2D eigenvalue weighted by Gasteiger charge is 2.32. The molecule has 0 aliphatic heterocycles. The molecule has 0 saturated carbocycles. The average Bonchev–Trinajstić information content (AvgIpc) is 2.76. The number of alkyl halides is 3. The van der Waals surface area contributed by atoms with Crippen molar-refractivity contribution in [2.24, 2.45) is 0 Å². The predicted octanol–water partition coefficient (Wildman–Crippen LogP) is 2.85. The largest absolute Gasteiger partial charge is 0.433 e. The molecule has 0 radical (unpaired) electrons. The molecule has 0 N–H and O–H groups in total. The van der Waals surface area contributed by atoms with Gasteiger partial charge in [-0.2, -0.15) is 18.3 Å². The van der Waals surface area contributed by atoms with Crippen LogP contribution in [0.4, 0.5) is 13.2 Å². The van der Waals surface area contributed by atoms with Crippen LogP contribution in [0.5, 0.6) is 0 Å². The maximum absolute atomic E-state index is 12.3. The first-order valence-corrected chi connectivity index (χ1v) is 5.08.